The molecule has 0 bridgehead atoms. The molecular weight excluding hydrogens is 394 g/mol. The van der Waals surface area contributed by atoms with Crippen LogP contribution in [0.15, 0.2) is 54.7 Å². The molecule has 2 aromatic carbocycles. The van der Waals surface area contributed by atoms with Gasteiger partial charge in [0, 0.05) is 12.1 Å². The normalized spacial score (nSPS) is 16.0. The summed E-state index contributed by atoms with van der Waals surface area (Å²) in [5.74, 6) is -0.282. The molecule has 1 aliphatic rings. The summed E-state index contributed by atoms with van der Waals surface area (Å²) >= 11 is 6.02. The summed E-state index contributed by atoms with van der Waals surface area (Å²) in [6, 6.07) is 13.9. The van der Waals surface area contributed by atoms with E-state index in [0.29, 0.717) is 23.0 Å². The second kappa shape index (κ2) is 7.92. The number of likely N-dealkylation sites (N-methyl/N-ethyl adjacent to an activating group) is 1. The molecule has 0 radical (unpaired) electrons. The summed E-state index contributed by atoms with van der Waals surface area (Å²) in [4.78, 5) is 26.8. The van der Waals surface area contributed by atoms with Crippen molar-refractivity contribution < 1.29 is 14.3 Å². The number of fused-ring (bicyclic) bond motifs is 1. The number of ether oxygens (including phenoxy) is 1. The molecule has 1 atom stereocenters. The number of nitrogens with one attached hydrogen (secondary N) is 1. The van der Waals surface area contributed by atoms with E-state index in [1.165, 1.54) is 4.90 Å². The lowest BCUT2D eigenvalue weighted by atomic mass is 10.2. The lowest BCUT2D eigenvalue weighted by Crippen LogP contribution is -2.49. The highest BCUT2D eigenvalue weighted by Gasteiger charge is 2.31. The average molecular weight is 412 g/mol. The van der Waals surface area contributed by atoms with Gasteiger partial charge in [-0.05, 0) is 23.8 Å². The zero-order valence-electron chi connectivity index (χ0n) is 15.6. The standard InChI is InChI=1S/C20H18ClN5O3/c1-25-17-9-14(21)7-8-18(17)29-12-16(20(25)28)22-19(27)15-11-26(24-23-15)10-13-5-3-2-4-6-13/h2-9,11,16H,10,12H2,1H3,(H,22,27)/t16-/m1/s1. The van der Waals surface area contributed by atoms with Gasteiger partial charge in [0.05, 0.1) is 18.4 Å². The molecule has 29 heavy (non-hydrogen) atoms. The van der Waals surface area contributed by atoms with E-state index in [0.717, 1.165) is 5.56 Å². The van der Waals surface area contributed by atoms with Crippen LogP contribution >= 0.6 is 11.6 Å². The summed E-state index contributed by atoms with van der Waals surface area (Å²) in [6.45, 7) is 0.493. The Balaban J connectivity index is 1.45. The molecule has 0 saturated heterocycles. The maximum atomic E-state index is 12.8. The first kappa shape index (κ1) is 18.9. The van der Waals surface area contributed by atoms with Crippen molar-refractivity contribution in [3.05, 3.63) is 71.0 Å². The number of rotatable bonds is 4. The summed E-state index contributed by atoms with van der Waals surface area (Å²) in [6.07, 6.45) is 1.54. The van der Waals surface area contributed by atoms with Crippen LogP contribution in [0.2, 0.25) is 5.02 Å². The maximum absolute atomic E-state index is 12.8. The van der Waals surface area contributed by atoms with Crippen molar-refractivity contribution in [2.75, 3.05) is 18.6 Å². The zero-order chi connectivity index (χ0) is 20.4. The Labute approximate surface area is 172 Å². The Morgan fingerprint density at radius 1 is 1.28 bits per heavy atom. The van der Waals surface area contributed by atoms with E-state index >= 15 is 0 Å². The predicted molar refractivity (Wildman–Crippen MR) is 107 cm³/mol. The molecule has 4 rings (SSSR count). The maximum Gasteiger partial charge on any atom is 0.274 e. The van der Waals surface area contributed by atoms with Gasteiger partial charge in [0.1, 0.15) is 18.4 Å². The van der Waals surface area contributed by atoms with Gasteiger partial charge in [-0.15, -0.1) is 5.10 Å². The van der Waals surface area contributed by atoms with E-state index in [1.54, 1.807) is 36.1 Å². The molecular formula is C20H18ClN5O3. The third-order valence-electron chi connectivity index (χ3n) is 4.58. The first-order chi connectivity index (χ1) is 14.0. The number of hydrogen-bond donors (Lipinski definition) is 1. The first-order valence-electron chi connectivity index (χ1n) is 8.96. The summed E-state index contributed by atoms with van der Waals surface area (Å²) < 4.78 is 7.27. The number of nitrogens with zero attached hydrogens (tertiary/aromatic N) is 4. The minimum absolute atomic E-state index is 0.00168. The number of carbonyl (C=O) groups is 2. The second-order valence-electron chi connectivity index (χ2n) is 6.63. The van der Waals surface area contributed by atoms with Crippen LogP contribution in [0.5, 0.6) is 5.75 Å². The van der Waals surface area contributed by atoms with Crippen LogP contribution in [-0.2, 0) is 11.3 Å². The highest BCUT2D eigenvalue weighted by Crippen LogP contribution is 2.33. The number of anilines is 1. The molecule has 2 amide bonds. The fourth-order valence-electron chi connectivity index (χ4n) is 3.06. The minimum atomic E-state index is -0.863. The average Bonchev–Trinajstić information content (AvgIpc) is 3.16. The molecule has 0 aliphatic carbocycles. The van der Waals surface area contributed by atoms with Crippen molar-refractivity contribution >= 4 is 29.1 Å². The summed E-state index contributed by atoms with van der Waals surface area (Å²) in [5.41, 5.74) is 1.71. The van der Waals surface area contributed by atoms with Gasteiger partial charge >= 0.3 is 0 Å². The number of amides is 2. The van der Waals surface area contributed by atoms with Gasteiger partial charge in [-0.25, -0.2) is 4.68 Å². The largest absolute Gasteiger partial charge is 0.489 e. The Bertz CT molecular complexity index is 1050. The highest BCUT2D eigenvalue weighted by molar-refractivity contribution is 6.31. The molecule has 1 N–H and O–H groups in total. The van der Waals surface area contributed by atoms with Crippen LogP contribution in [0.3, 0.4) is 0 Å². The van der Waals surface area contributed by atoms with Crippen LogP contribution in [0.1, 0.15) is 16.1 Å². The molecule has 8 nitrogen and oxygen atoms in total. The van der Waals surface area contributed by atoms with Crippen LogP contribution in [0, 0.1) is 0 Å². The molecule has 0 spiro atoms. The smallest absolute Gasteiger partial charge is 0.274 e. The summed E-state index contributed by atoms with van der Waals surface area (Å²) in [5, 5.41) is 11.1. The van der Waals surface area contributed by atoms with Crippen LogP contribution in [0.25, 0.3) is 0 Å². The van der Waals surface area contributed by atoms with E-state index in [2.05, 4.69) is 15.6 Å². The molecule has 1 aliphatic heterocycles. The van der Waals surface area contributed by atoms with E-state index in [1.807, 2.05) is 30.3 Å². The molecule has 0 fully saturated rings. The van der Waals surface area contributed by atoms with E-state index in [4.69, 9.17) is 16.3 Å². The van der Waals surface area contributed by atoms with Crippen molar-refractivity contribution in [1.29, 1.82) is 0 Å². The van der Waals surface area contributed by atoms with Gasteiger partial charge in [0.15, 0.2) is 5.69 Å². The predicted octanol–water partition coefficient (Wildman–Crippen LogP) is 2.13. The van der Waals surface area contributed by atoms with Gasteiger partial charge < -0.3 is 15.0 Å². The third kappa shape index (κ3) is 4.07. The molecule has 148 valence electrons. The monoisotopic (exact) mass is 411 g/mol. The summed E-state index contributed by atoms with van der Waals surface area (Å²) in [7, 11) is 1.61. The van der Waals surface area contributed by atoms with Crippen molar-refractivity contribution in [3.8, 4) is 5.75 Å². The first-order valence-corrected chi connectivity index (χ1v) is 9.34. The van der Waals surface area contributed by atoms with Crippen molar-refractivity contribution in [3.63, 3.8) is 0 Å². The Kier molecular flexibility index (Phi) is 5.18. The lowest BCUT2D eigenvalue weighted by Gasteiger charge is -2.20. The Hall–Kier alpha value is -3.39. The van der Waals surface area contributed by atoms with Gasteiger partial charge in [-0.2, -0.15) is 0 Å². The SMILES string of the molecule is CN1C(=O)[C@H](NC(=O)c2cn(Cc3ccccc3)nn2)COc2ccc(Cl)cc21. The van der Waals surface area contributed by atoms with E-state index in [-0.39, 0.29) is 18.2 Å². The van der Waals surface area contributed by atoms with Gasteiger partial charge in [0.2, 0.25) is 0 Å². The molecule has 0 saturated carbocycles. The number of hydrogen-bond acceptors (Lipinski definition) is 5. The third-order valence-corrected chi connectivity index (χ3v) is 4.82. The topological polar surface area (TPSA) is 89.4 Å². The van der Waals surface area contributed by atoms with E-state index < -0.39 is 11.9 Å². The zero-order valence-corrected chi connectivity index (χ0v) is 16.3. The highest BCUT2D eigenvalue weighted by atomic mass is 35.5. The number of carbonyl (C=O) groups excluding carboxylic acids is 2. The Morgan fingerprint density at radius 2 is 2.07 bits per heavy atom. The van der Waals surface area contributed by atoms with Gasteiger partial charge in [-0.1, -0.05) is 47.1 Å². The van der Waals surface area contributed by atoms with E-state index in [9.17, 15) is 9.59 Å². The van der Waals surface area contributed by atoms with Crippen LogP contribution in [0.4, 0.5) is 5.69 Å². The quantitative estimate of drug-likeness (QED) is 0.710. The van der Waals surface area contributed by atoms with Crippen molar-refractivity contribution in [2.45, 2.75) is 12.6 Å². The molecule has 3 aromatic rings. The molecule has 2 heterocycles. The van der Waals surface area contributed by atoms with Crippen LogP contribution in [-0.4, -0.2) is 46.5 Å². The fourth-order valence-corrected chi connectivity index (χ4v) is 3.22. The van der Waals surface area contributed by atoms with Crippen LogP contribution < -0.4 is 15.0 Å². The molecule has 1 aromatic heterocycles. The number of benzene rings is 2. The number of halogens is 1. The van der Waals surface area contributed by atoms with Gasteiger partial charge in [0.25, 0.3) is 11.8 Å². The molecule has 0 unspecified atom stereocenters. The fraction of sp³-hybridized carbons (Fsp3) is 0.200. The van der Waals surface area contributed by atoms with Gasteiger partial charge in [-0.3, -0.25) is 9.59 Å². The van der Waals surface area contributed by atoms with Crippen molar-refractivity contribution in [2.24, 2.45) is 0 Å². The Morgan fingerprint density at radius 3 is 2.86 bits per heavy atom. The number of aromatic nitrogens is 3. The lowest BCUT2D eigenvalue weighted by molar-refractivity contribution is -0.120. The van der Waals surface area contributed by atoms with Crippen molar-refractivity contribution in [1.82, 2.24) is 20.3 Å². The second-order valence-corrected chi connectivity index (χ2v) is 7.07. The molecule has 9 heteroatoms. The minimum Gasteiger partial charge on any atom is -0.489 e.